The number of benzene rings is 1. The van der Waals surface area contributed by atoms with Crippen LogP contribution in [0.4, 0.5) is 5.82 Å². The number of amides is 1. The number of methoxy groups -OCH3 is 1. The van der Waals surface area contributed by atoms with Crippen LogP contribution in [0.2, 0.25) is 0 Å². The average molecular weight is 285 g/mol. The van der Waals surface area contributed by atoms with Gasteiger partial charge >= 0.3 is 0 Å². The summed E-state index contributed by atoms with van der Waals surface area (Å²) in [6, 6.07) is 7.24. The number of hydrogen-bond acceptors (Lipinski definition) is 4. The smallest absolute Gasteiger partial charge is 0.259 e. The van der Waals surface area contributed by atoms with Crippen molar-refractivity contribution in [2.24, 2.45) is 0 Å². The molecule has 21 heavy (non-hydrogen) atoms. The molecule has 0 saturated heterocycles. The summed E-state index contributed by atoms with van der Waals surface area (Å²) in [5.41, 5.74) is 2.25. The molecule has 0 aliphatic carbocycles. The number of carbonyl (C=O) groups is 1. The Kier molecular flexibility index (Phi) is 3.13. The first-order valence-corrected chi connectivity index (χ1v) is 6.49. The minimum absolute atomic E-state index is 0.236. The number of aryl methyl sites for hydroxylation is 2. The number of aromatic nitrogens is 2. The lowest BCUT2D eigenvalue weighted by molar-refractivity contribution is 0.102. The molecule has 0 aliphatic heterocycles. The molecule has 6 nitrogen and oxygen atoms in total. The van der Waals surface area contributed by atoms with Gasteiger partial charge in [0.1, 0.15) is 11.5 Å². The molecule has 2 heterocycles. The first kappa shape index (κ1) is 13.2. The minimum atomic E-state index is -0.236. The third kappa shape index (κ3) is 2.35. The predicted molar refractivity (Wildman–Crippen MR) is 78.8 cm³/mol. The Morgan fingerprint density at radius 1 is 1.33 bits per heavy atom. The Morgan fingerprint density at radius 3 is 2.81 bits per heavy atom. The molecule has 3 aromatic rings. The Morgan fingerprint density at radius 2 is 2.14 bits per heavy atom. The van der Waals surface area contributed by atoms with E-state index in [1.807, 2.05) is 25.1 Å². The monoisotopic (exact) mass is 285 g/mol. The molecule has 0 fully saturated rings. The molecule has 0 aliphatic rings. The number of hydrogen-bond donors (Lipinski definition) is 2. The summed E-state index contributed by atoms with van der Waals surface area (Å²) in [6.07, 6.45) is 0. The SMILES string of the molecule is COc1ccc2[nH]c(C)c(C(=O)Nc3cc(C)on3)c2c1. The molecule has 2 N–H and O–H groups in total. The maximum Gasteiger partial charge on any atom is 0.259 e. The second kappa shape index (κ2) is 4.97. The van der Waals surface area contributed by atoms with Crippen molar-refractivity contribution in [2.45, 2.75) is 13.8 Å². The van der Waals surface area contributed by atoms with Gasteiger partial charge < -0.3 is 19.6 Å². The van der Waals surface area contributed by atoms with Crippen molar-refractivity contribution in [2.75, 3.05) is 12.4 Å². The van der Waals surface area contributed by atoms with Crippen LogP contribution >= 0.6 is 0 Å². The van der Waals surface area contributed by atoms with Crippen LogP contribution in [0.5, 0.6) is 5.75 Å². The van der Waals surface area contributed by atoms with Crippen LogP contribution in [0.1, 0.15) is 21.8 Å². The Balaban J connectivity index is 2.02. The number of anilines is 1. The van der Waals surface area contributed by atoms with E-state index < -0.39 is 0 Å². The summed E-state index contributed by atoms with van der Waals surface area (Å²) in [5, 5.41) is 7.31. The Bertz CT molecular complexity index is 817. The summed E-state index contributed by atoms with van der Waals surface area (Å²) in [5.74, 6) is 1.50. The highest BCUT2D eigenvalue weighted by Crippen LogP contribution is 2.27. The largest absolute Gasteiger partial charge is 0.497 e. The molecule has 0 bridgehead atoms. The number of fused-ring (bicyclic) bond motifs is 1. The van der Waals surface area contributed by atoms with E-state index >= 15 is 0 Å². The Hall–Kier alpha value is -2.76. The van der Waals surface area contributed by atoms with E-state index in [1.54, 1.807) is 20.1 Å². The molecule has 0 radical (unpaired) electrons. The van der Waals surface area contributed by atoms with Gasteiger partial charge in [-0.2, -0.15) is 0 Å². The maximum absolute atomic E-state index is 12.5. The van der Waals surface area contributed by atoms with Gasteiger partial charge in [-0.3, -0.25) is 4.79 Å². The highest BCUT2D eigenvalue weighted by Gasteiger charge is 2.17. The number of nitrogens with zero attached hydrogens (tertiary/aromatic N) is 1. The van der Waals surface area contributed by atoms with Crippen molar-refractivity contribution < 1.29 is 14.1 Å². The van der Waals surface area contributed by atoms with Crippen LogP contribution in [0.3, 0.4) is 0 Å². The Labute approximate surface area is 121 Å². The molecule has 0 saturated carbocycles. The van der Waals surface area contributed by atoms with Crippen molar-refractivity contribution in [3.05, 3.63) is 41.3 Å². The van der Waals surface area contributed by atoms with Crippen molar-refractivity contribution in [3.63, 3.8) is 0 Å². The van der Waals surface area contributed by atoms with Crippen molar-refractivity contribution in [1.82, 2.24) is 10.1 Å². The van der Waals surface area contributed by atoms with Gasteiger partial charge in [0.25, 0.3) is 5.91 Å². The van der Waals surface area contributed by atoms with E-state index in [-0.39, 0.29) is 5.91 Å². The fraction of sp³-hybridized carbons (Fsp3) is 0.200. The number of H-pyrrole nitrogens is 1. The molecule has 2 aromatic heterocycles. The fourth-order valence-corrected chi connectivity index (χ4v) is 2.33. The first-order valence-electron chi connectivity index (χ1n) is 6.49. The highest BCUT2D eigenvalue weighted by atomic mass is 16.5. The van der Waals surface area contributed by atoms with E-state index in [1.165, 1.54) is 0 Å². The lowest BCUT2D eigenvalue weighted by Crippen LogP contribution is -2.12. The maximum atomic E-state index is 12.5. The number of carbonyl (C=O) groups excluding carboxylic acids is 1. The van der Waals surface area contributed by atoms with Crippen molar-refractivity contribution in [1.29, 1.82) is 0 Å². The molecule has 1 amide bonds. The summed E-state index contributed by atoms with van der Waals surface area (Å²) in [4.78, 5) is 15.7. The van der Waals surface area contributed by atoms with Crippen LogP contribution in [0, 0.1) is 13.8 Å². The first-order chi connectivity index (χ1) is 10.1. The van der Waals surface area contributed by atoms with E-state index in [9.17, 15) is 4.79 Å². The summed E-state index contributed by atoms with van der Waals surface area (Å²) in [6.45, 7) is 3.62. The zero-order valence-electron chi connectivity index (χ0n) is 12.0. The van der Waals surface area contributed by atoms with Gasteiger partial charge in [0.15, 0.2) is 5.82 Å². The lowest BCUT2D eigenvalue weighted by Gasteiger charge is -2.03. The third-order valence-corrected chi connectivity index (χ3v) is 3.29. The fourth-order valence-electron chi connectivity index (χ4n) is 2.33. The second-order valence-corrected chi connectivity index (χ2v) is 4.81. The van der Waals surface area contributed by atoms with Crippen LogP contribution in [-0.4, -0.2) is 23.2 Å². The zero-order valence-corrected chi connectivity index (χ0v) is 12.0. The van der Waals surface area contributed by atoms with Gasteiger partial charge in [0.05, 0.1) is 12.7 Å². The van der Waals surface area contributed by atoms with Gasteiger partial charge in [-0.15, -0.1) is 0 Å². The highest BCUT2D eigenvalue weighted by molar-refractivity contribution is 6.13. The molecule has 108 valence electrons. The average Bonchev–Trinajstić information content (AvgIpc) is 3.00. The normalized spacial score (nSPS) is 10.8. The van der Waals surface area contributed by atoms with E-state index in [0.717, 1.165) is 16.6 Å². The third-order valence-electron chi connectivity index (χ3n) is 3.29. The molecule has 1 aromatic carbocycles. The topological polar surface area (TPSA) is 80.2 Å². The summed E-state index contributed by atoms with van der Waals surface area (Å²) < 4.78 is 10.2. The molecule has 6 heteroatoms. The lowest BCUT2D eigenvalue weighted by atomic mass is 10.1. The number of rotatable bonds is 3. The van der Waals surface area contributed by atoms with E-state index in [0.29, 0.717) is 22.9 Å². The zero-order chi connectivity index (χ0) is 15.0. The molecular weight excluding hydrogens is 270 g/mol. The standard InChI is InChI=1S/C15H15N3O3/c1-8-6-13(18-21-8)17-15(19)14-9(2)16-12-5-4-10(20-3)7-11(12)14/h4-7,16H,1-3H3,(H,17,18,19). The van der Waals surface area contributed by atoms with Gasteiger partial charge in [0, 0.05) is 22.7 Å². The quantitative estimate of drug-likeness (QED) is 0.775. The van der Waals surface area contributed by atoms with Crippen LogP contribution < -0.4 is 10.1 Å². The van der Waals surface area contributed by atoms with E-state index in [2.05, 4.69) is 15.5 Å². The predicted octanol–water partition coefficient (Wildman–Crippen LogP) is 3.03. The van der Waals surface area contributed by atoms with Gasteiger partial charge in [-0.25, -0.2) is 0 Å². The molecule has 0 spiro atoms. The van der Waals surface area contributed by atoms with Crippen LogP contribution in [-0.2, 0) is 0 Å². The molecular formula is C15H15N3O3. The molecule has 0 atom stereocenters. The van der Waals surface area contributed by atoms with Crippen molar-refractivity contribution >= 4 is 22.6 Å². The minimum Gasteiger partial charge on any atom is -0.497 e. The molecule has 0 unspecified atom stereocenters. The van der Waals surface area contributed by atoms with Gasteiger partial charge in [-0.1, -0.05) is 5.16 Å². The van der Waals surface area contributed by atoms with Gasteiger partial charge in [0.2, 0.25) is 0 Å². The van der Waals surface area contributed by atoms with Crippen LogP contribution in [0.25, 0.3) is 10.9 Å². The number of nitrogens with one attached hydrogen (secondary N) is 2. The van der Waals surface area contributed by atoms with E-state index in [4.69, 9.17) is 9.26 Å². The van der Waals surface area contributed by atoms with Gasteiger partial charge in [-0.05, 0) is 32.0 Å². The number of aromatic amines is 1. The summed E-state index contributed by atoms with van der Waals surface area (Å²) in [7, 11) is 1.60. The van der Waals surface area contributed by atoms with Crippen molar-refractivity contribution in [3.8, 4) is 5.75 Å². The summed E-state index contributed by atoms with van der Waals surface area (Å²) >= 11 is 0. The molecule has 3 rings (SSSR count). The number of ether oxygens (including phenoxy) is 1. The van der Waals surface area contributed by atoms with Crippen LogP contribution in [0.15, 0.2) is 28.8 Å². The second-order valence-electron chi connectivity index (χ2n) is 4.81.